The number of carbonyl (C=O) groups is 2. The lowest BCUT2D eigenvalue weighted by Crippen LogP contribution is -2.27. The first-order chi connectivity index (χ1) is 12.2. The average molecular weight is 342 g/mol. The third-order valence-corrected chi connectivity index (χ3v) is 3.63. The van der Waals surface area contributed by atoms with Crippen LogP contribution in [0.1, 0.15) is 26.3 Å². The van der Waals surface area contributed by atoms with Gasteiger partial charge in [-0.25, -0.2) is 0 Å². The van der Waals surface area contributed by atoms with Gasteiger partial charge in [0.25, 0.3) is 11.8 Å². The second kappa shape index (κ2) is 9.44. The zero-order chi connectivity index (χ0) is 18.1. The number of rotatable bonds is 8. The van der Waals surface area contributed by atoms with Gasteiger partial charge in [-0.15, -0.1) is 0 Å². The molecule has 2 rings (SSSR count). The summed E-state index contributed by atoms with van der Waals surface area (Å²) in [6.07, 6.45) is 0. The van der Waals surface area contributed by atoms with Crippen LogP contribution in [-0.2, 0) is 11.3 Å². The SMILES string of the molecule is COCCNC(=O)c1ccc(C(=O)NCc2ccccc2OC)cc1. The van der Waals surface area contributed by atoms with E-state index in [2.05, 4.69) is 10.6 Å². The van der Waals surface area contributed by atoms with E-state index in [9.17, 15) is 9.59 Å². The number of ether oxygens (including phenoxy) is 2. The lowest BCUT2D eigenvalue weighted by Gasteiger charge is -2.10. The molecule has 0 unspecified atom stereocenters. The Kier molecular flexibility index (Phi) is 6.98. The monoisotopic (exact) mass is 342 g/mol. The van der Waals surface area contributed by atoms with Gasteiger partial charge in [0.1, 0.15) is 5.75 Å². The van der Waals surface area contributed by atoms with Crippen molar-refractivity contribution in [3.8, 4) is 5.75 Å². The lowest BCUT2D eigenvalue weighted by molar-refractivity contribution is 0.0930. The normalized spacial score (nSPS) is 10.2. The van der Waals surface area contributed by atoms with Crippen molar-refractivity contribution in [2.75, 3.05) is 27.4 Å². The molecule has 0 fully saturated rings. The number of amides is 2. The standard InChI is InChI=1S/C19H22N2O4/c1-24-12-11-20-18(22)14-7-9-15(10-8-14)19(23)21-13-16-5-3-4-6-17(16)25-2/h3-10H,11-13H2,1-2H3,(H,20,22)(H,21,23). The molecule has 2 amide bonds. The third-order valence-electron chi connectivity index (χ3n) is 3.63. The summed E-state index contributed by atoms with van der Waals surface area (Å²) in [5.74, 6) is 0.321. The molecule has 6 nitrogen and oxygen atoms in total. The number of hydrogen-bond acceptors (Lipinski definition) is 4. The maximum atomic E-state index is 12.2. The highest BCUT2D eigenvalue weighted by molar-refractivity contribution is 5.97. The molecule has 0 saturated carbocycles. The fraction of sp³-hybridized carbons (Fsp3) is 0.263. The smallest absolute Gasteiger partial charge is 0.251 e. The molecule has 0 heterocycles. The number of carbonyl (C=O) groups excluding carboxylic acids is 2. The molecule has 2 N–H and O–H groups in total. The van der Waals surface area contributed by atoms with Gasteiger partial charge in [-0.2, -0.15) is 0 Å². The summed E-state index contributed by atoms with van der Waals surface area (Å²) in [7, 11) is 3.17. The highest BCUT2D eigenvalue weighted by atomic mass is 16.5. The van der Waals surface area contributed by atoms with Crippen LogP contribution in [0.4, 0.5) is 0 Å². The fourth-order valence-corrected chi connectivity index (χ4v) is 2.27. The highest BCUT2D eigenvalue weighted by Gasteiger charge is 2.09. The van der Waals surface area contributed by atoms with Gasteiger partial charge in [0.2, 0.25) is 0 Å². The van der Waals surface area contributed by atoms with Crippen molar-refractivity contribution >= 4 is 11.8 Å². The summed E-state index contributed by atoms with van der Waals surface area (Å²) in [5, 5.41) is 5.57. The largest absolute Gasteiger partial charge is 0.496 e. The second-order valence-electron chi connectivity index (χ2n) is 5.32. The molecule has 0 radical (unpaired) electrons. The Morgan fingerprint density at radius 3 is 2.08 bits per heavy atom. The molecule has 0 atom stereocenters. The minimum atomic E-state index is -0.211. The van der Waals surface area contributed by atoms with Gasteiger partial charge in [-0.05, 0) is 30.3 Å². The number of para-hydroxylation sites is 1. The van der Waals surface area contributed by atoms with Gasteiger partial charge in [-0.3, -0.25) is 9.59 Å². The Balaban J connectivity index is 1.93. The van der Waals surface area contributed by atoms with Crippen LogP contribution >= 0.6 is 0 Å². The number of methoxy groups -OCH3 is 2. The lowest BCUT2D eigenvalue weighted by atomic mass is 10.1. The first kappa shape index (κ1) is 18.5. The van der Waals surface area contributed by atoms with E-state index < -0.39 is 0 Å². The molecule has 0 bridgehead atoms. The van der Waals surface area contributed by atoms with Gasteiger partial charge in [0.05, 0.1) is 13.7 Å². The first-order valence-electron chi connectivity index (χ1n) is 7.93. The summed E-state index contributed by atoms with van der Waals surface area (Å²) in [6.45, 7) is 1.26. The van der Waals surface area contributed by atoms with E-state index in [1.54, 1.807) is 38.5 Å². The Morgan fingerprint density at radius 2 is 1.48 bits per heavy atom. The molecule has 0 aliphatic carbocycles. The van der Waals surface area contributed by atoms with Crippen molar-refractivity contribution in [1.82, 2.24) is 10.6 Å². The number of nitrogens with one attached hydrogen (secondary N) is 2. The van der Waals surface area contributed by atoms with E-state index in [0.29, 0.717) is 30.8 Å². The van der Waals surface area contributed by atoms with Gasteiger partial charge in [0.15, 0.2) is 0 Å². The molecule has 0 aromatic heterocycles. The maximum Gasteiger partial charge on any atom is 0.251 e. The predicted molar refractivity (Wildman–Crippen MR) is 94.8 cm³/mol. The predicted octanol–water partition coefficient (Wildman–Crippen LogP) is 2.00. The van der Waals surface area contributed by atoms with Crippen LogP contribution in [0.15, 0.2) is 48.5 Å². The molecule has 0 spiro atoms. The van der Waals surface area contributed by atoms with Gasteiger partial charge >= 0.3 is 0 Å². The Morgan fingerprint density at radius 1 is 0.880 bits per heavy atom. The highest BCUT2D eigenvalue weighted by Crippen LogP contribution is 2.17. The van der Waals surface area contributed by atoms with Crippen molar-refractivity contribution in [1.29, 1.82) is 0 Å². The number of benzene rings is 2. The summed E-state index contributed by atoms with van der Waals surface area (Å²) in [5.41, 5.74) is 1.88. The quantitative estimate of drug-likeness (QED) is 0.720. The van der Waals surface area contributed by atoms with Crippen LogP contribution in [0.25, 0.3) is 0 Å². The van der Waals surface area contributed by atoms with Crippen LogP contribution in [0.2, 0.25) is 0 Å². The molecule has 2 aromatic carbocycles. The minimum Gasteiger partial charge on any atom is -0.496 e. The number of hydrogen-bond donors (Lipinski definition) is 2. The molecule has 132 valence electrons. The Bertz CT molecular complexity index is 714. The second-order valence-corrected chi connectivity index (χ2v) is 5.32. The van der Waals surface area contributed by atoms with Gasteiger partial charge in [0, 0.05) is 36.9 Å². The van der Waals surface area contributed by atoms with E-state index in [-0.39, 0.29) is 11.8 Å². The molecule has 25 heavy (non-hydrogen) atoms. The summed E-state index contributed by atoms with van der Waals surface area (Å²) in [4.78, 5) is 24.1. The van der Waals surface area contributed by atoms with Crippen molar-refractivity contribution in [3.63, 3.8) is 0 Å². The summed E-state index contributed by atoms with van der Waals surface area (Å²) in [6, 6.07) is 14.0. The first-order valence-corrected chi connectivity index (χ1v) is 7.93. The molecular formula is C19H22N2O4. The molecular weight excluding hydrogens is 320 g/mol. The molecule has 0 saturated heterocycles. The van der Waals surface area contributed by atoms with Crippen molar-refractivity contribution in [3.05, 3.63) is 65.2 Å². The van der Waals surface area contributed by atoms with E-state index in [1.165, 1.54) is 0 Å². The van der Waals surface area contributed by atoms with E-state index >= 15 is 0 Å². The average Bonchev–Trinajstić information content (AvgIpc) is 2.66. The molecule has 0 aliphatic rings. The summed E-state index contributed by atoms with van der Waals surface area (Å²) >= 11 is 0. The van der Waals surface area contributed by atoms with Crippen LogP contribution in [0, 0.1) is 0 Å². The van der Waals surface area contributed by atoms with Crippen LogP contribution < -0.4 is 15.4 Å². The minimum absolute atomic E-state index is 0.196. The van der Waals surface area contributed by atoms with Crippen LogP contribution in [0.3, 0.4) is 0 Å². The fourth-order valence-electron chi connectivity index (χ4n) is 2.27. The van der Waals surface area contributed by atoms with Crippen LogP contribution in [-0.4, -0.2) is 39.2 Å². The Hall–Kier alpha value is -2.86. The topological polar surface area (TPSA) is 76.7 Å². The van der Waals surface area contributed by atoms with Crippen LogP contribution in [0.5, 0.6) is 5.75 Å². The van der Waals surface area contributed by atoms with E-state index in [4.69, 9.17) is 9.47 Å². The Labute approximate surface area is 147 Å². The zero-order valence-electron chi connectivity index (χ0n) is 14.4. The third kappa shape index (κ3) is 5.32. The van der Waals surface area contributed by atoms with E-state index in [0.717, 1.165) is 11.3 Å². The van der Waals surface area contributed by atoms with Gasteiger partial charge in [-0.1, -0.05) is 18.2 Å². The molecule has 2 aromatic rings. The summed E-state index contributed by atoms with van der Waals surface area (Å²) < 4.78 is 10.1. The molecule has 6 heteroatoms. The van der Waals surface area contributed by atoms with Crippen molar-refractivity contribution in [2.45, 2.75) is 6.54 Å². The molecule has 0 aliphatic heterocycles. The zero-order valence-corrected chi connectivity index (χ0v) is 14.4. The van der Waals surface area contributed by atoms with Crippen molar-refractivity contribution in [2.24, 2.45) is 0 Å². The van der Waals surface area contributed by atoms with Crippen molar-refractivity contribution < 1.29 is 19.1 Å². The van der Waals surface area contributed by atoms with Gasteiger partial charge < -0.3 is 20.1 Å². The van der Waals surface area contributed by atoms with E-state index in [1.807, 2.05) is 24.3 Å². The maximum absolute atomic E-state index is 12.2.